The van der Waals surface area contributed by atoms with Gasteiger partial charge in [-0.25, -0.2) is 4.79 Å². The summed E-state index contributed by atoms with van der Waals surface area (Å²) in [4.78, 5) is 41.5. The smallest absolute Gasteiger partial charge is 0.326 e. The number of ether oxygens (including phenoxy) is 3. The number of aryl methyl sites for hydroxylation is 1. The summed E-state index contributed by atoms with van der Waals surface area (Å²) in [6.45, 7) is 1.84. The van der Waals surface area contributed by atoms with Crippen LogP contribution in [0.15, 0.2) is 47.3 Å². The van der Waals surface area contributed by atoms with Crippen molar-refractivity contribution in [1.82, 2.24) is 9.55 Å². The molecule has 1 saturated heterocycles. The van der Waals surface area contributed by atoms with Crippen LogP contribution in [0.2, 0.25) is 0 Å². The largest absolute Gasteiger partial charge is 0.486 e. The molecule has 1 aromatic heterocycles. The SMILES string of the molecule is O=C(OCCCn1c(=O)[nH]c2ccccc21)[C@@H]1CC(=O)N(c2ccc3c(c2)OCCO3)C1. The van der Waals surface area contributed by atoms with Gasteiger partial charge in [0.2, 0.25) is 5.91 Å². The van der Waals surface area contributed by atoms with Crippen LogP contribution in [-0.2, 0) is 20.9 Å². The Morgan fingerprint density at radius 1 is 1.09 bits per heavy atom. The third-order valence-electron chi connectivity index (χ3n) is 5.75. The molecule has 3 heterocycles. The van der Waals surface area contributed by atoms with E-state index >= 15 is 0 Å². The lowest BCUT2D eigenvalue weighted by Crippen LogP contribution is -2.27. The van der Waals surface area contributed by atoms with E-state index in [0.717, 1.165) is 11.0 Å². The molecule has 1 atom stereocenters. The van der Waals surface area contributed by atoms with Crippen molar-refractivity contribution in [3.8, 4) is 11.5 Å². The second-order valence-electron chi connectivity index (χ2n) is 7.85. The van der Waals surface area contributed by atoms with Gasteiger partial charge in [-0.1, -0.05) is 12.1 Å². The number of para-hydroxylation sites is 2. The molecule has 1 fully saturated rings. The Hall–Kier alpha value is -3.75. The number of nitrogens with zero attached hydrogens (tertiary/aromatic N) is 2. The van der Waals surface area contributed by atoms with Crippen LogP contribution in [0, 0.1) is 5.92 Å². The number of aromatic amines is 1. The number of hydrogen-bond acceptors (Lipinski definition) is 6. The Balaban J connectivity index is 1.16. The summed E-state index contributed by atoms with van der Waals surface area (Å²) in [7, 11) is 0. The van der Waals surface area contributed by atoms with Crippen molar-refractivity contribution in [2.45, 2.75) is 19.4 Å². The van der Waals surface area contributed by atoms with E-state index in [1.807, 2.05) is 24.3 Å². The van der Waals surface area contributed by atoms with Crippen molar-refractivity contribution in [3.05, 3.63) is 52.9 Å². The third-order valence-corrected chi connectivity index (χ3v) is 5.75. The molecular weight excluding hydrogens is 414 g/mol. The monoisotopic (exact) mass is 437 g/mol. The number of aromatic nitrogens is 2. The molecule has 0 aliphatic carbocycles. The maximum atomic E-state index is 12.5. The average molecular weight is 437 g/mol. The lowest BCUT2D eigenvalue weighted by molar-refractivity contribution is -0.148. The van der Waals surface area contributed by atoms with Crippen molar-refractivity contribution in [2.24, 2.45) is 5.92 Å². The molecule has 1 amide bonds. The summed E-state index contributed by atoms with van der Waals surface area (Å²) in [5, 5.41) is 0. The number of fused-ring (bicyclic) bond motifs is 2. The Morgan fingerprint density at radius 2 is 1.91 bits per heavy atom. The first-order chi connectivity index (χ1) is 15.6. The van der Waals surface area contributed by atoms with Gasteiger partial charge in [-0.05, 0) is 30.7 Å². The number of imidazole rings is 1. The number of hydrogen-bond donors (Lipinski definition) is 1. The fourth-order valence-electron chi connectivity index (χ4n) is 4.16. The van der Waals surface area contributed by atoms with Crippen molar-refractivity contribution in [1.29, 1.82) is 0 Å². The number of carbonyl (C=O) groups is 2. The molecule has 5 rings (SSSR count). The van der Waals surface area contributed by atoms with Gasteiger partial charge in [0.1, 0.15) is 13.2 Å². The van der Waals surface area contributed by atoms with Crippen LogP contribution in [-0.4, -0.2) is 47.8 Å². The van der Waals surface area contributed by atoms with Crippen molar-refractivity contribution in [3.63, 3.8) is 0 Å². The second-order valence-corrected chi connectivity index (χ2v) is 7.85. The van der Waals surface area contributed by atoms with Gasteiger partial charge in [0.05, 0.1) is 23.6 Å². The third kappa shape index (κ3) is 3.81. The Morgan fingerprint density at radius 3 is 2.78 bits per heavy atom. The molecule has 0 bridgehead atoms. The predicted molar refractivity (Wildman–Crippen MR) is 116 cm³/mol. The molecule has 0 radical (unpaired) electrons. The quantitative estimate of drug-likeness (QED) is 0.468. The molecule has 3 aromatic rings. The minimum absolute atomic E-state index is 0.106. The van der Waals surface area contributed by atoms with Crippen LogP contribution in [0.1, 0.15) is 12.8 Å². The number of anilines is 1. The van der Waals surface area contributed by atoms with Crippen molar-refractivity contribution < 1.29 is 23.8 Å². The van der Waals surface area contributed by atoms with Crippen LogP contribution >= 0.6 is 0 Å². The van der Waals surface area contributed by atoms with Crippen LogP contribution in [0.4, 0.5) is 5.69 Å². The van der Waals surface area contributed by atoms with E-state index in [1.165, 1.54) is 0 Å². The minimum Gasteiger partial charge on any atom is -0.486 e. The fourth-order valence-corrected chi connectivity index (χ4v) is 4.16. The van der Waals surface area contributed by atoms with Crippen LogP contribution in [0.25, 0.3) is 11.0 Å². The Labute approximate surface area is 183 Å². The number of rotatable bonds is 6. The minimum atomic E-state index is -0.522. The molecule has 9 nitrogen and oxygen atoms in total. The van der Waals surface area contributed by atoms with Gasteiger partial charge in [0.15, 0.2) is 11.5 Å². The maximum Gasteiger partial charge on any atom is 0.326 e. The maximum absolute atomic E-state index is 12.5. The number of esters is 1. The lowest BCUT2D eigenvalue weighted by atomic mass is 10.1. The molecule has 0 spiro atoms. The molecule has 0 saturated carbocycles. The summed E-state index contributed by atoms with van der Waals surface area (Å²) in [6, 6.07) is 12.8. The second kappa shape index (κ2) is 8.41. The first kappa shape index (κ1) is 20.2. The van der Waals surface area contributed by atoms with Crippen LogP contribution in [0.5, 0.6) is 11.5 Å². The summed E-state index contributed by atoms with van der Waals surface area (Å²) in [5.41, 5.74) is 2.08. The fraction of sp³-hybridized carbons (Fsp3) is 0.348. The molecule has 9 heteroatoms. The van der Waals surface area contributed by atoms with Gasteiger partial charge >= 0.3 is 11.7 Å². The summed E-state index contributed by atoms with van der Waals surface area (Å²) in [6.07, 6.45) is 0.606. The van der Waals surface area contributed by atoms with Gasteiger partial charge in [-0.2, -0.15) is 0 Å². The number of H-pyrrole nitrogens is 1. The molecule has 32 heavy (non-hydrogen) atoms. The molecular formula is C23H23N3O6. The van der Waals surface area contributed by atoms with Crippen LogP contribution in [0.3, 0.4) is 0 Å². The molecule has 0 unspecified atom stereocenters. The highest BCUT2D eigenvalue weighted by molar-refractivity contribution is 5.99. The highest BCUT2D eigenvalue weighted by atomic mass is 16.6. The van der Waals surface area contributed by atoms with Crippen molar-refractivity contribution >= 4 is 28.6 Å². The summed E-state index contributed by atoms with van der Waals surface area (Å²) < 4.78 is 18.1. The van der Waals surface area contributed by atoms with E-state index in [4.69, 9.17) is 14.2 Å². The normalized spacial score (nSPS) is 17.7. The first-order valence-corrected chi connectivity index (χ1v) is 10.6. The lowest BCUT2D eigenvalue weighted by Gasteiger charge is -2.22. The highest BCUT2D eigenvalue weighted by Gasteiger charge is 2.36. The first-order valence-electron chi connectivity index (χ1n) is 10.6. The molecule has 1 N–H and O–H groups in total. The predicted octanol–water partition coefficient (Wildman–Crippen LogP) is 2.09. The molecule has 2 aliphatic rings. The van der Waals surface area contributed by atoms with E-state index in [0.29, 0.717) is 43.4 Å². The Bertz CT molecular complexity index is 1230. The van der Waals surface area contributed by atoms with E-state index in [1.54, 1.807) is 27.7 Å². The van der Waals surface area contributed by atoms with Crippen molar-refractivity contribution in [2.75, 3.05) is 31.3 Å². The zero-order valence-corrected chi connectivity index (χ0v) is 17.4. The van der Waals surface area contributed by atoms with Gasteiger partial charge < -0.3 is 24.1 Å². The molecule has 2 aromatic carbocycles. The number of carbonyl (C=O) groups excluding carboxylic acids is 2. The zero-order valence-electron chi connectivity index (χ0n) is 17.4. The van der Waals surface area contributed by atoms with Crippen LogP contribution < -0.4 is 20.1 Å². The highest BCUT2D eigenvalue weighted by Crippen LogP contribution is 2.36. The van der Waals surface area contributed by atoms with E-state index in [2.05, 4.69) is 4.98 Å². The average Bonchev–Trinajstić information content (AvgIpc) is 3.35. The van der Waals surface area contributed by atoms with E-state index in [-0.39, 0.29) is 31.2 Å². The topological polar surface area (TPSA) is 103 Å². The standard InChI is InChI=1S/C23H23N3O6/c27-21-12-15(14-26(21)16-6-7-19-20(13-16)31-11-10-30-19)22(28)32-9-3-8-25-18-5-2-1-4-17(18)24-23(25)29/h1-2,4-7,13,15H,3,8-12,14H2,(H,24,29)/t15-/m1/s1. The van der Waals surface area contributed by atoms with E-state index < -0.39 is 11.9 Å². The number of amides is 1. The van der Waals surface area contributed by atoms with Gasteiger partial charge in [-0.3, -0.25) is 14.2 Å². The summed E-state index contributed by atoms with van der Waals surface area (Å²) in [5.74, 6) is 0.196. The number of benzene rings is 2. The van der Waals surface area contributed by atoms with Gasteiger partial charge in [-0.15, -0.1) is 0 Å². The van der Waals surface area contributed by atoms with Gasteiger partial charge in [0, 0.05) is 31.3 Å². The molecule has 2 aliphatic heterocycles. The Kier molecular flexibility index (Phi) is 5.30. The van der Waals surface area contributed by atoms with Gasteiger partial charge in [0.25, 0.3) is 0 Å². The zero-order chi connectivity index (χ0) is 22.1. The van der Waals surface area contributed by atoms with E-state index in [9.17, 15) is 14.4 Å². The number of nitrogens with one attached hydrogen (secondary N) is 1. The molecule has 166 valence electrons. The summed E-state index contributed by atoms with van der Waals surface area (Å²) >= 11 is 0.